The second-order valence-electron chi connectivity index (χ2n) is 9.33. The van der Waals surface area contributed by atoms with E-state index in [9.17, 15) is 4.79 Å². The van der Waals surface area contributed by atoms with Crippen LogP contribution in [0.2, 0.25) is 0 Å². The molecule has 6 rings (SSSR count). The van der Waals surface area contributed by atoms with Gasteiger partial charge in [0.1, 0.15) is 5.75 Å². The highest BCUT2D eigenvalue weighted by Gasteiger charge is 2.18. The van der Waals surface area contributed by atoms with Crippen LogP contribution in [-0.2, 0) is 24.1 Å². The van der Waals surface area contributed by atoms with Crippen LogP contribution in [0.1, 0.15) is 35.6 Å². The Labute approximate surface area is 209 Å². The lowest BCUT2D eigenvalue weighted by molar-refractivity contribution is -0.130. The molecule has 3 heteroatoms. The van der Waals surface area contributed by atoms with Gasteiger partial charge in [0.2, 0.25) is 0 Å². The predicted octanol–water partition coefficient (Wildman–Crippen LogP) is 8.43. The van der Waals surface area contributed by atoms with Crippen molar-refractivity contribution in [3.63, 3.8) is 0 Å². The molecule has 0 aliphatic heterocycles. The Morgan fingerprint density at radius 1 is 1.00 bits per heavy atom. The lowest BCUT2D eigenvalue weighted by atomic mass is 9.91. The molecule has 1 aromatic heterocycles. The smallest absolute Gasteiger partial charge is 0.338 e. The molecule has 1 aliphatic carbocycles. The van der Waals surface area contributed by atoms with E-state index in [1.165, 1.54) is 53.2 Å². The van der Waals surface area contributed by atoms with Crippen molar-refractivity contribution in [1.29, 1.82) is 0 Å². The van der Waals surface area contributed by atoms with Crippen LogP contribution >= 0.6 is 11.3 Å². The van der Waals surface area contributed by atoms with Crippen molar-refractivity contribution in [3.8, 4) is 5.75 Å². The summed E-state index contributed by atoms with van der Waals surface area (Å²) in [4.78, 5) is 11.8. The molecular weight excluding hydrogens is 448 g/mol. The molecule has 0 unspecified atom stereocenters. The van der Waals surface area contributed by atoms with Crippen molar-refractivity contribution in [3.05, 3.63) is 107 Å². The number of carbonyl (C=O) groups is 1. The largest absolute Gasteiger partial charge is 0.423 e. The van der Waals surface area contributed by atoms with E-state index in [4.69, 9.17) is 4.74 Å². The van der Waals surface area contributed by atoms with Gasteiger partial charge in [-0.1, -0.05) is 61.2 Å². The monoisotopic (exact) mass is 474 g/mol. The quantitative estimate of drug-likeness (QED) is 0.145. The van der Waals surface area contributed by atoms with Crippen LogP contribution in [0.25, 0.3) is 37.0 Å². The molecule has 1 heterocycles. The normalized spacial score (nSPS) is 12.8. The molecule has 1 aliphatic rings. The number of hydrogen-bond donors (Lipinski definition) is 0. The number of esters is 1. The van der Waals surface area contributed by atoms with Crippen LogP contribution in [0.4, 0.5) is 0 Å². The van der Waals surface area contributed by atoms with Crippen molar-refractivity contribution in [2.75, 3.05) is 0 Å². The average Bonchev–Trinajstić information content (AvgIpc) is 3.29. The fourth-order valence-corrected chi connectivity index (χ4v) is 6.35. The van der Waals surface area contributed by atoms with Gasteiger partial charge in [0.25, 0.3) is 0 Å². The van der Waals surface area contributed by atoms with Gasteiger partial charge in [-0.3, -0.25) is 0 Å². The van der Waals surface area contributed by atoms with Gasteiger partial charge in [-0.25, -0.2) is 4.79 Å². The SMILES string of the molecule is C=C(C)C(=O)Oc1ccc(CCc2cc3ccccc3c3c2sc2ccc4c(c23)C=CCC4)cc1. The summed E-state index contributed by atoms with van der Waals surface area (Å²) in [5.41, 5.74) is 5.88. The summed E-state index contributed by atoms with van der Waals surface area (Å²) < 4.78 is 8.10. The van der Waals surface area contributed by atoms with Crippen molar-refractivity contribution in [2.24, 2.45) is 0 Å². The molecule has 0 spiro atoms. The average molecular weight is 475 g/mol. The minimum Gasteiger partial charge on any atom is -0.423 e. The number of allylic oxidation sites excluding steroid dienone is 1. The molecule has 0 bridgehead atoms. The molecule has 172 valence electrons. The van der Waals surface area contributed by atoms with E-state index < -0.39 is 5.97 Å². The topological polar surface area (TPSA) is 26.3 Å². The van der Waals surface area contributed by atoms with E-state index in [0.29, 0.717) is 11.3 Å². The van der Waals surface area contributed by atoms with Crippen LogP contribution in [0.5, 0.6) is 5.75 Å². The molecule has 2 nitrogen and oxygen atoms in total. The minimum absolute atomic E-state index is 0.391. The first-order chi connectivity index (χ1) is 17.1. The summed E-state index contributed by atoms with van der Waals surface area (Å²) in [5, 5.41) is 5.46. The Morgan fingerprint density at radius 2 is 1.83 bits per heavy atom. The number of ether oxygens (including phenoxy) is 1. The molecule has 4 aromatic carbocycles. The van der Waals surface area contributed by atoms with Crippen LogP contribution in [0, 0.1) is 0 Å². The number of carbonyl (C=O) groups excluding carboxylic acids is 1. The van der Waals surface area contributed by atoms with Crippen molar-refractivity contribution in [2.45, 2.75) is 32.6 Å². The first-order valence-corrected chi connectivity index (χ1v) is 12.9. The Bertz CT molecular complexity index is 1650. The van der Waals surface area contributed by atoms with E-state index in [-0.39, 0.29) is 0 Å². The van der Waals surface area contributed by atoms with Crippen molar-refractivity contribution >= 4 is 54.3 Å². The maximum atomic E-state index is 11.8. The van der Waals surface area contributed by atoms with Gasteiger partial charge in [-0.15, -0.1) is 11.3 Å². The summed E-state index contributed by atoms with van der Waals surface area (Å²) in [6.07, 6.45) is 8.77. The third kappa shape index (κ3) is 3.96. The number of benzene rings is 4. The zero-order valence-electron chi connectivity index (χ0n) is 19.8. The summed E-state index contributed by atoms with van der Waals surface area (Å²) in [6.45, 7) is 5.29. The van der Waals surface area contributed by atoms with Gasteiger partial charge in [0, 0.05) is 25.7 Å². The van der Waals surface area contributed by atoms with Gasteiger partial charge in [0.15, 0.2) is 0 Å². The minimum atomic E-state index is -0.391. The van der Waals surface area contributed by atoms with Crippen molar-refractivity contribution in [1.82, 2.24) is 0 Å². The molecular formula is C32H26O2S. The third-order valence-corrected chi connectivity index (χ3v) is 8.10. The Morgan fingerprint density at radius 3 is 2.66 bits per heavy atom. The molecule has 5 aromatic rings. The first kappa shape index (κ1) is 21.8. The summed E-state index contributed by atoms with van der Waals surface area (Å²) >= 11 is 1.92. The number of aryl methyl sites for hydroxylation is 3. The zero-order chi connectivity index (χ0) is 23.9. The van der Waals surface area contributed by atoms with Gasteiger partial charge >= 0.3 is 5.97 Å². The third-order valence-electron chi connectivity index (χ3n) is 6.87. The lowest BCUT2D eigenvalue weighted by Crippen LogP contribution is -2.08. The zero-order valence-corrected chi connectivity index (χ0v) is 20.6. The van der Waals surface area contributed by atoms with E-state index in [0.717, 1.165) is 25.7 Å². The number of fused-ring (bicyclic) bond motifs is 7. The van der Waals surface area contributed by atoms with Crippen LogP contribution < -0.4 is 4.74 Å². The molecule has 0 fully saturated rings. The lowest BCUT2D eigenvalue weighted by Gasteiger charge is -2.13. The maximum Gasteiger partial charge on any atom is 0.338 e. The second kappa shape index (κ2) is 8.83. The Balaban J connectivity index is 1.40. The standard InChI is InChI=1S/C32H26O2S/c1-20(2)32(33)34-25-16-12-21(13-17-25)11-14-24-19-23-8-4-6-10-27(23)30-29-26-9-5-3-7-22(26)15-18-28(29)35-31(24)30/h4-6,8-10,12-13,15-19H,1,3,7,11,14H2,2H3. The highest BCUT2D eigenvalue weighted by molar-refractivity contribution is 7.26. The van der Waals surface area contributed by atoms with E-state index in [1.54, 1.807) is 6.92 Å². The van der Waals surface area contributed by atoms with Crippen LogP contribution in [0.15, 0.2) is 85.0 Å². The molecule has 0 amide bonds. The summed E-state index contributed by atoms with van der Waals surface area (Å²) in [6, 6.07) is 23.6. The van der Waals surface area contributed by atoms with Gasteiger partial charge in [-0.05, 0) is 89.9 Å². The second-order valence-corrected chi connectivity index (χ2v) is 10.4. The summed E-state index contributed by atoms with van der Waals surface area (Å²) in [5.74, 6) is 0.162. The van der Waals surface area contributed by atoms with Gasteiger partial charge in [-0.2, -0.15) is 0 Å². The van der Waals surface area contributed by atoms with E-state index in [2.05, 4.69) is 61.2 Å². The van der Waals surface area contributed by atoms with E-state index in [1.807, 2.05) is 35.6 Å². The fourth-order valence-electron chi connectivity index (χ4n) is 5.08. The number of hydrogen-bond acceptors (Lipinski definition) is 3. The molecule has 0 atom stereocenters. The molecule has 0 N–H and O–H groups in total. The highest BCUT2D eigenvalue weighted by Crippen LogP contribution is 2.44. The Hall–Kier alpha value is -3.69. The maximum absolute atomic E-state index is 11.8. The highest BCUT2D eigenvalue weighted by atomic mass is 32.1. The predicted molar refractivity (Wildman–Crippen MR) is 148 cm³/mol. The molecule has 35 heavy (non-hydrogen) atoms. The molecule has 0 saturated heterocycles. The summed E-state index contributed by atoms with van der Waals surface area (Å²) in [7, 11) is 0. The number of rotatable bonds is 5. The molecule has 0 saturated carbocycles. The molecule has 0 radical (unpaired) electrons. The van der Waals surface area contributed by atoms with Gasteiger partial charge < -0.3 is 4.74 Å². The Kier molecular flexibility index (Phi) is 5.50. The number of thiophene rings is 1. The fraction of sp³-hybridized carbons (Fsp3) is 0.156. The van der Waals surface area contributed by atoms with Crippen LogP contribution in [0.3, 0.4) is 0 Å². The van der Waals surface area contributed by atoms with Crippen molar-refractivity contribution < 1.29 is 9.53 Å². The van der Waals surface area contributed by atoms with Crippen LogP contribution in [-0.4, -0.2) is 5.97 Å². The van der Waals surface area contributed by atoms with Gasteiger partial charge in [0.05, 0.1) is 0 Å². The van der Waals surface area contributed by atoms with E-state index >= 15 is 0 Å². The first-order valence-electron chi connectivity index (χ1n) is 12.1.